The summed E-state index contributed by atoms with van der Waals surface area (Å²) in [5, 5.41) is 5.71. The van der Waals surface area contributed by atoms with E-state index in [2.05, 4.69) is 20.6 Å². The predicted molar refractivity (Wildman–Crippen MR) is 107 cm³/mol. The van der Waals surface area contributed by atoms with E-state index in [1.165, 1.54) is 12.4 Å². The van der Waals surface area contributed by atoms with Gasteiger partial charge in [0.2, 0.25) is 0 Å². The minimum atomic E-state index is -0.803. The Kier molecular flexibility index (Phi) is 6.63. The molecule has 3 rings (SSSR count). The molecule has 0 bridgehead atoms. The van der Waals surface area contributed by atoms with E-state index < -0.39 is 24.0 Å². The molecule has 0 spiro atoms. The summed E-state index contributed by atoms with van der Waals surface area (Å²) >= 11 is 5.94. The first kappa shape index (κ1) is 21.3. The molecule has 1 aliphatic heterocycles. The maximum Gasteiger partial charge on any atom is 0.358 e. The molecule has 1 aromatic carbocycles. The normalized spacial score (nSPS) is 15.8. The Balaban J connectivity index is 1.91. The molecule has 156 valence electrons. The van der Waals surface area contributed by atoms with Crippen molar-refractivity contribution in [2.45, 2.75) is 19.9 Å². The molecule has 1 aromatic heterocycles. The van der Waals surface area contributed by atoms with Crippen LogP contribution in [-0.2, 0) is 14.3 Å². The topological polar surface area (TPSA) is 120 Å². The first-order chi connectivity index (χ1) is 14.4. The van der Waals surface area contributed by atoms with Crippen molar-refractivity contribution in [3.05, 3.63) is 69.9 Å². The van der Waals surface area contributed by atoms with Gasteiger partial charge in [-0.05, 0) is 31.5 Å². The molecule has 2 amide bonds. The van der Waals surface area contributed by atoms with Crippen LogP contribution in [0.2, 0.25) is 5.02 Å². The highest BCUT2D eigenvalue weighted by molar-refractivity contribution is 6.30. The van der Waals surface area contributed by atoms with Gasteiger partial charge in [0, 0.05) is 11.2 Å². The fourth-order valence-corrected chi connectivity index (χ4v) is 2.92. The molecule has 30 heavy (non-hydrogen) atoms. The summed E-state index contributed by atoms with van der Waals surface area (Å²) < 4.78 is 10.4. The first-order valence-corrected chi connectivity index (χ1v) is 9.45. The number of hydrogen-bond donors (Lipinski definition) is 2. The van der Waals surface area contributed by atoms with Gasteiger partial charge in [-0.2, -0.15) is 0 Å². The molecule has 1 atom stereocenters. The number of carbonyl (C=O) groups is 3. The van der Waals surface area contributed by atoms with Gasteiger partial charge in [-0.1, -0.05) is 23.7 Å². The van der Waals surface area contributed by atoms with E-state index in [1.807, 2.05) is 0 Å². The number of rotatable bonds is 6. The Morgan fingerprint density at radius 3 is 2.47 bits per heavy atom. The number of ether oxygens (including phenoxy) is 2. The molecule has 0 saturated heterocycles. The van der Waals surface area contributed by atoms with E-state index in [9.17, 15) is 14.4 Å². The number of urea groups is 1. The van der Waals surface area contributed by atoms with E-state index >= 15 is 0 Å². The number of hydrogen-bond acceptors (Lipinski definition) is 7. The molecular formula is C20H19ClN4O5. The summed E-state index contributed by atoms with van der Waals surface area (Å²) in [6, 6.07) is 5.30. The van der Waals surface area contributed by atoms with Gasteiger partial charge < -0.3 is 20.1 Å². The second kappa shape index (κ2) is 9.36. The van der Waals surface area contributed by atoms with Crippen LogP contribution in [0, 0.1) is 6.92 Å². The van der Waals surface area contributed by atoms with E-state index in [0.717, 1.165) is 0 Å². The number of aromatic nitrogens is 2. The molecule has 0 fully saturated rings. The lowest BCUT2D eigenvalue weighted by molar-refractivity contribution is -0.139. The summed E-state index contributed by atoms with van der Waals surface area (Å²) in [5.41, 5.74) is 1.52. The van der Waals surface area contributed by atoms with Gasteiger partial charge in [0.25, 0.3) is 0 Å². The van der Waals surface area contributed by atoms with Crippen molar-refractivity contribution >= 4 is 29.6 Å². The number of nitrogens with one attached hydrogen (secondary N) is 2. The molecule has 2 heterocycles. The van der Waals surface area contributed by atoms with Gasteiger partial charge in [-0.25, -0.2) is 19.4 Å². The zero-order valence-corrected chi connectivity index (χ0v) is 17.0. The number of aryl methyl sites for hydroxylation is 1. The average molecular weight is 431 g/mol. The summed E-state index contributed by atoms with van der Waals surface area (Å²) in [4.78, 5) is 45.1. The molecule has 1 aliphatic rings. The molecule has 0 radical (unpaired) electrons. The van der Waals surface area contributed by atoms with Crippen LogP contribution in [0.15, 0.2) is 47.9 Å². The number of carbonyl (C=O) groups excluding carboxylic acids is 3. The fraction of sp³-hybridized carbons (Fsp3) is 0.250. The van der Waals surface area contributed by atoms with Gasteiger partial charge in [-0.3, -0.25) is 4.98 Å². The van der Waals surface area contributed by atoms with Crippen molar-refractivity contribution in [3.8, 4) is 0 Å². The smallest absolute Gasteiger partial charge is 0.358 e. The van der Waals surface area contributed by atoms with Gasteiger partial charge in [0.05, 0.1) is 35.8 Å². The second-order valence-corrected chi connectivity index (χ2v) is 6.75. The lowest BCUT2D eigenvalue weighted by atomic mass is 9.95. The summed E-state index contributed by atoms with van der Waals surface area (Å²) in [6.07, 6.45) is 2.72. The number of amides is 2. The summed E-state index contributed by atoms with van der Waals surface area (Å²) in [7, 11) is 0. The molecule has 0 saturated carbocycles. The van der Waals surface area contributed by atoms with Crippen LogP contribution in [0.3, 0.4) is 0 Å². The van der Waals surface area contributed by atoms with Crippen LogP contribution in [0.1, 0.15) is 34.7 Å². The van der Waals surface area contributed by atoms with Crippen molar-refractivity contribution in [1.29, 1.82) is 0 Å². The standard InChI is InChI=1S/C20H19ClN4O5/c1-3-29-19(27)16-15(10-30-18(26)14-9-22-11(2)8-23-14)24-20(28)25-17(16)12-4-6-13(21)7-5-12/h4-9,17H,3,10H2,1-2H3,(H2,24,25,28)/t17-/m1/s1. The lowest BCUT2D eigenvalue weighted by Crippen LogP contribution is -2.47. The Morgan fingerprint density at radius 2 is 1.83 bits per heavy atom. The Bertz CT molecular complexity index is 989. The van der Waals surface area contributed by atoms with Crippen LogP contribution in [0.4, 0.5) is 4.79 Å². The number of benzene rings is 1. The molecule has 2 N–H and O–H groups in total. The van der Waals surface area contributed by atoms with Crippen molar-refractivity contribution < 1.29 is 23.9 Å². The highest BCUT2D eigenvalue weighted by atomic mass is 35.5. The van der Waals surface area contributed by atoms with Gasteiger partial charge in [-0.15, -0.1) is 0 Å². The summed E-state index contributed by atoms with van der Waals surface area (Å²) in [6.45, 7) is 3.18. The maximum atomic E-state index is 12.7. The van der Waals surface area contributed by atoms with Crippen molar-refractivity contribution in [2.75, 3.05) is 13.2 Å². The third-order valence-electron chi connectivity index (χ3n) is 4.19. The number of halogens is 1. The highest BCUT2D eigenvalue weighted by Gasteiger charge is 2.34. The van der Waals surface area contributed by atoms with Crippen LogP contribution < -0.4 is 10.6 Å². The molecule has 2 aromatic rings. The fourth-order valence-electron chi connectivity index (χ4n) is 2.80. The minimum Gasteiger partial charge on any atom is -0.463 e. The number of nitrogens with zero attached hydrogens (tertiary/aromatic N) is 2. The second-order valence-electron chi connectivity index (χ2n) is 6.31. The largest absolute Gasteiger partial charge is 0.463 e. The van der Waals surface area contributed by atoms with Crippen molar-refractivity contribution in [2.24, 2.45) is 0 Å². The van der Waals surface area contributed by atoms with Crippen LogP contribution in [0.5, 0.6) is 0 Å². The Hall–Kier alpha value is -3.46. The molecule has 0 unspecified atom stereocenters. The maximum absolute atomic E-state index is 12.7. The van der Waals surface area contributed by atoms with Crippen LogP contribution >= 0.6 is 11.6 Å². The zero-order valence-electron chi connectivity index (χ0n) is 16.3. The number of esters is 2. The van der Waals surface area contributed by atoms with E-state index in [-0.39, 0.29) is 30.2 Å². The third kappa shape index (κ3) is 4.93. The van der Waals surface area contributed by atoms with E-state index in [4.69, 9.17) is 21.1 Å². The van der Waals surface area contributed by atoms with Crippen molar-refractivity contribution in [3.63, 3.8) is 0 Å². The van der Waals surface area contributed by atoms with E-state index in [1.54, 1.807) is 38.1 Å². The molecule has 9 nitrogen and oxygen atoms in total. The van der Waals surface area contributed by atoms with Crippen LogP contribution in [0.25, 0.3) is 0 Å². The highest BCUT2D eigenvalue weighted by Crippen LogP contribution is 2.28. The zero-order chi connectivity index (χ0) is 21.7. The van der Waals surface area contributed by atoms with Gasteiger partial charge >= 0.3 is 18.0 Å². The average Bonchev–Trinajstić information content (AvgIpc) is 2.72. The monoisotopic (exact) mass is 430 g/mol. The van der Waals surface area contributed by atoms with Crippen LogP contribution in [-0.4, -0.2) is 41.2 Å². The van der Waals surface area contributed by atoms with E-state index in [0.29, 0.717) is 16.3 Å². The molecular weight excluding hydrogens is 412 g/mol. The summed E-state index contributed by atoms with van der Waals surface area (Å²) in [5.74, 6) is -1.39. The van der Waals surface area contributed by atoms with Crippen molar-refractivity contribution in [1.82, 2.24) is 20.6 Å². The van der Waals surface area contributed by atoms with Gasteiger partial charge in [0.1, 0.15) is 6.61 Å². The quantitative estimate of drug-likeness (QED) is 0.675. The minimum absolute atomic E-state index is 0.00777. The predicted octanol–water partition coefficient (Wildman–Crippen LogP) is 2.47. The third-order valence-corrected chi connectivity index (χ3v) is 4.44. The first-order valence-electron chi connectivity index (χ1n) is 9.08. The lowest BCUT2D eigenvalue weighted by Gasteiger charge is -2.29. The Labute approximate surface area is 177 Å². The molecule has 0 aliphatic carbocycles. The molecule has 10 heteroatoms. The Morgan fingerprint density at radius 1 is 1.10 bits per heavy atom. The SMILES string of the molecule is CCOC(=O)C1=C(COC(=O)c2cnc(C)cn2)NC(=O)N[C@@H]1c1ccc(Cl)cc1. The van der Waals surface area contributed by atoms with Gasteiger partial charge in [0.15, 0.2) is 5.69 Å².